The van der Waals surface area contributed by atoms with E-state index in [1.807, 2.05) is 74.5 Å². The van der Waals surface area contributed by atoms with E-state index in [-0.39, 0.29) is 23.9 Å². The fraction of sp³-hybridized carbons (Fsp3) is 0.286. The number of hydrogen-bond acceptors (Lipinski definition) is 3. The molecule has 0 bridgehead atoms. The highest BCUT2D eigenvalue weighted by molar-refractivity contribution is 7.80. The van der Waals surface area contributed by atoms with Gasteiger partial charge in [-0.2, -0.15) is 0 Å². The van der Waals surface area contributed by atoms with Crippen molar-refractivity contribution >= 4 is 29.1 Å². The van der Waals surface area contributed by atoms with Gasteiger partial charge in [-0.25, -0.2) is 0 Å². The summed E-state index contributed by atoms with van der Waals surface area (Å²) in [6.07, 6.45) is 0.665. The van der Waals surface area contributed by atoms with E-state index in [4.69, 9.17) is 12.2 Å². The predicted octanol–water partition coefficient (Wildman–Crippen LogP) is 4.24. The zero-order valence-corrected chi connectivity index (χ0v) is 15.8. The van der Waals surface area contributed by atoms with Crippen molar-refractivity contribution in [2.75, 3.05) is 0 Å². The Kier molecular flexibility index (Phi) is 5.47. The molecule has 1 fully saturated rings. The molecule has 1 heterocycles. The zero-order valence-electron chi connectivity index (χ0n) is 15.0. The van der Waals surface area contributed by atoms with E-state index in [0.29, 0.717) is 18.0 Å². The molecule has 3 rings (SSSR count). The molecule has 0 aliphatic carbocycles. The monoisotopic (exact) mass is 366 g/mol. The fourth-order valence-electron chi connectivity index (χ4n) is 3.46. The zero-order chi connectivity index (χ0) is 18.7. The molecule has 0 aromatic heterocycles. The first-order chi connectivity index (χ1) is 12.6. The Bertz CT molecular complexity index is 740. The van der Waals surface area contributed by atoms with Crippen molar-refractivity contribution in [3.05, 3.63) is 71.8 Å². The molecule has 26 heavy (non-hydrogen) atoms. The highest BCUT2D eigenvalue weighted by Gasteiger charge is 2.49. The van der Waals surface area contributed by atoms with Crippen LogP contribution in [-0.4, -0.2) is 26.7 Å². The minimum atomic E-state index is -0.325. The van der Waals surface area contributed by atoms with Crippen LogP contribution < -0.4 is 0 Å². The van der Waals surface area contributed by atoms with Gasteiger partial charge < -0.3 is 0 Å². The van der Waals surface area contributed by atoms with Gasteiger partial charge in [0, 0.05) is 12.8 Å². The molecule has 1 aliphatic rings. The Balaban J connectivity index is 2.20. The van der Waals surface area contributed by atoms with Gasteiger partial charge in [0.15, 0.2) is 5.11 Å². The van der Waals surface area contributed by atoms with Gasteiger partial charge in [-0.3, -0.25) is 19.4 Å². The number of amides is 2. The lowest BCUT2D eigenvalue weighted by molar-refractivity contribution is -0.129. The third-order valence-corrected chi connectivity index (χ3v) is 5.09. The van der Waals surface area contributed by atoms with Crippen LogP contribution in [-0.2, 0) is 9.59 Å². The number of thiocarbonyl (C=S) groups is 1. The molecule has 4 nitrogen and oxygen atoms in total. The smallest absolute Gasteiger partial charge is 0.229 e. The van der Waals surface area contributed by atoms with Crippen molar-refractivity contribution in [3.63, 3.8) is 0 Å². The molecule has 0 saturated carbocycles. The van der Waals surface area contributed by atoms with Crippen molar-refractivity contribution in [1.29, 1.82) is 0 Å². The average molecular weight is 366 g/mol. The molecule has 0 N–H and O–H groups in total. The predicted molar refractivity (Wildman–Crippen MR) is 105 cm³/mol. The normalized spacial score (nSPS) is 19.7. The van der Waals surface area contributed by atoms with Crippen LogP contribution in [0.2, 0.25) is 0 Å². The Morgan fingerprint density at radius 2 is 1.12 bits per heavy atom. The first-order valence-corrected chi connectivity index (χ1v) is 9.28. The van der Waals surface area contributed by atoms with Crippen LogP contribution in [0.4, 0.5) is 0 Å². The van der Waals surface area contributed by atoms with Crippen molar-refractivity contribution in [2.45, 2.75) is 38.8 Å². The van der Waals surface area contributed by atoms with E-state index in [9.17, 15) is 9.59 Å². The van der Waals surface area contributed by atoms with Crippen LogP contribution >= 0.6 is 12.2 Å². The summed E-state index contributed by atoms with van der Waals surface area (Å²) in [5.41, 5.74) is 1.94. The summed E-state index contributed by atoms with van der Waals surface area (Å²) in [6, 6.07) is 18.9. The maximum atomic E-state index is 12.7. The lowest BCUT2D eigenvalue weighted by atomic mass is 9.93. The third kappa shape index (κ3) is 3.15. The molecule has 5 heteroatoms. The summed E-state index contributed by atoms with van der Waals surface area (Å²) in [4.78, 5) is 28.7. The number of benzene rings is 2. The van der Waals surface area contributed by atoms with Gasteiger partial charge in [-0.05, 0) is 23.3 Å². The minimum Gasteiger partial charge on any atom is -0.279 e. The fourth-order valence-corrected chi connectivity index (χ4v) is 3.89. The van der Waals surface area contributed by atoms with Crippen LogP contribution in [0.1, 0.15) is 49.9 Å². The standard InChI is InChI=1S/C21H22N2O2S/c1-3-17(24)22-19(15-11-7-5-8-12-15)20(16-13-9-6-10-14-16)23(21(22)26)18(25)4-2/h5-14,19-20H,3-4H2,1-2H3/t19-,20-/m1/s1. The molecular weight excluding hydrogens is 344 g/mol. The lowest BCUT2D eigenvalue weighted by Gasteiger charge is -2.28. The second kappa shape index (κ2) is 7.79. The summed E-state index contributed by atoms with van der Waals surface area (Å²) in [5, 5.41) is 0.298. The molecule has 2 amide bonds. The van der Waals surface area contributed by atoms with Crippen molar-refractivity contribution < 1.29 is 9.59 Å². The number of nitrogens with zero attached hydrogens (tertiary/aromatic N) is 2. The molecule has 134 valence electrons. The molecule has 1 saturated heterocycles. The molecule has 0 spiro atoms. The summed E-state index contributed by atoms with van der Waals surface area (Å²) in [6.45, 7) is 3.63. The second-order valence-electron chi connectivity index (χ2n) is 6.23. The molecule has 1 aliphatic heterocycles. The maximum absolute atomic E-state index is 12.7. The maximum Gasteiger partial charge on any atom is 0.229 e. The first-order valence-electron chi connectivity index (χ1n) is 8.88. The number of hydrogen-bond donors (Lipinski definition) is 0. The Morgan fingerprint density at radius 1 is 0.769 bits per heavy atom. The first kappa shape index (κ1) is 18.3. The molecule has 2 aromatic rings. The Morgan fingerprint density at radius 3 is 1.42 bits per heavy atom. The summed E-state index contributed by atoms with van der Waals surface area (Å²) in [7, 11) is 0. The van der Waals surface area contributed by atoms with Crippen molar-refractivity contribution in [2.24, 2.45) is 0 Å². The highest BCUT2D eigenvalue weighted by Crippen LogP contribution is 2.45. The van der Waals surface area contributed by atoms with E-state index < -0.39 is 0 Å². The van der Waals surface area contributed by atoms with Crippen LogP contribution in [0, 0.1) is 0 Å². The molecule has 0 unspecified atom stereocenters. The summed E-state index contributed by atoms with van der Waals surface area (Å²) in [5.74, 6) is -0.146. The number of carbonyl (C=O) groups is 2. The van der Waals surface area contributed by atoms with Gasteiger partial charge >= 0.3 is 0 Å². The number of carbonyl (C=O) groups excluding carboxylic acids is 2. The third-order valence-electron chi connectivity index (χ3n) is 4.69. The lowest BCUT2D eigenvalue weighted by Crippen LogP contribution is -2.39. The van der Waals surface area contributed by atoms with Crippen LogP contribution in [0.15, 0.2) is 60.7 Å². The van der Waals surface area contributed by atoms with Gasteiger partial charge in [0.2, 0.25) is 11.8 Å². The molecule has 2 atom stereocenters. The topological polar surface area (TPSA) is 40.6 Å². The van der Waals surface area contributed by atoms with Gasteiger partial charge in [0.05, 0.1) is 12.1 Å². The summed E-state index contributed by atoms with van der Waals surface area (Å²) >= 11 is 5.61. The number of rotatable bonds is 4. The van der Waals surface area contributed by atoms with Gasteiger partial charge in [0.1, 0.15) is 0 Å². The minimum absolute atomic E-state index is 0.0730. The van der Waals surface area contributed by atoms with Crippen molar-refractivity contribution in [3.8, 4) is 0 Å². The van der Waals surface area contributed by atoms with Crippen LogP contribution in [0.3, 0.4) is 0 Å². The van der Waals surface area contributed by atoms with E-state index >= 15 is 0 Å². The molecular formula is C21H22N2O2S. The Labute approximate surface area is 159 Å². The quantitative estimate of drug-likeness (QED) is 0.760. The van der Waals surface area contributed by atoms with E-state index in [1.54, 1.807) is 9.80 Å². The Hall–Kier alpha value is -2.53. The molecule has 0 radical (unpaired) electrons. The summed E-state index contributed by atoms with van der Waals surface area (Å²) < 4.78 is 0. The average Bonchev–Trinajstić information content (AvgIpc) is 3.01. The van der Waals surface area contributed by atoms with Crippen LogP contribution in [0.5, 0.6) is 0 Å². The van der Waals surface area contributed by atoms with Gasteiger partial charge in [0.25, 0.3) is 0 Å². The largest absolute Gasteiger partial charge is 0.279 e. The highest BCUT2D eigenvalue weighted by atomic mass is 32.1. The van der Waals surface area contributed by atoms with Gasteiger partial charge in [-0.15, -0.1) is 0 Å². The van der Waals surface area contributed by atoms with E-state index in [1.165, 1.54) is 0 Å². The van der Waals surface area contributed by atoms with Gasteiger partial charge in [-0.1, -0.05) is 74.5 Å². The molecule has 2 aromatic carbocycles. The van der Waals surface area contributed by atoms with Crippen LogP contribution in [0.25, 0.3) is 0 Å². The van der Waals surface area contributed by atoms with E-state index in [2.05, 4.69) is 0 Å². The van der Waals surface area contributed by atoms with Crippen molar-refractivity contribution in [1.82, 2.24) is 9.80 Å². The second-order valence-corrected chi connectivity index (χ2v) is 6.59. The SMILES string of the molecule is CCC(=O)N1C(=S)N(C(=O)CC)[C@H](c2ccccc2)[C@H]1c1ccccc1. The van der Waals surface area contributed by atoms with E-state index in [0.717, 1.165) is 11.1 Å².